The molecule has 7 nitrogen and oxygen atoms in total. The molecule has 1 aliphatic rings. The molecule has 2 aromatic rings. The summed E-state index contributed by atoms with van der Waals surface area (Å²) in [5.41, 5.74) is 2.11. The van der Waals surface area contributed by atoms with Gasteiger partial charge in [-0.05, 0) is 62.2 Å². The van der Waals surface area contributed by atoms with Crippen molar-refractivity contribution in [3.05, 3.63) is 48.0 Å². The molecule has 156 valence electrons. The van der Waals surface area contributed by atoms with Gasteiger partial charge in [0.1, 0.15) is 5.75 Å². The van der Waals surface area contributed by atoms with E-state index in [4.69, 9.17) is 18.9 Å². The third-order valence-electron chi connectivity index (χ3n) is 4.20. The molecular formula is C22H29N3O4. The van der Waals surface area contributed by atoms with Crippen molar-refractivity contribution in [2.45, 2.75) is 26.4 Å². The Hall–Kier alpha value is -2.93. The van der Waals surface area contributed by atoms with Crippen LogP contribution in [0.15, 0.2) is 47.5 Å². The maximum Gasteiger partial charge on any atom is 0.231 e. The highest BCUT2D eigenvalue weighted by Gasteiger charge is 2.13. The van der Waals surface area contributed by atoms with Crippen LogP contribution in [0.3, 0.4) is 0 Å². The molecule has 0 aromatic heterocycles. The molecule has 2 N–H and O–H groups in total. The third-order valence-corrected chi connectivity index (χ3v) is 4.20. The summed E-state index contributed by atoms with van der Waals surface area (Å²) < 4.78 is 21.6. The van der Waals surface area contributed by atoms with E-state index in [1.54, 1.807) is 7.11 Å². The minimum absolute atomic E-state index is 0.151. The SMILES string of the molecule is COCCN=C(NCCc1ccc2c(c1)OCO2)Nc1ccc(OC(C)C)cc1. The van der Waals surface area contributed by atoms with Gasteiger partial charge in [-0.25, -0.2) is 0 Å². The van der Waals surface area contributed by atoms with Crippen molar-refractivity contribution < 1.29 is 18.9 Å². The Kier molecular flexibility index (Phi) is 7.58. The summed E-state index contributed by atoms with van der Waals surface area (Å²) in [6.07, 6.45) is 0.987. The monoisotopic (exact) mass is 399 g/mol. The van der Waals surface area contributed by atoms with E-state index in [-0.39, 0.29) is 12.9 Å². The Morgan fingerprint density at radius 2 is 1.90 bits per heavy atom. The van der Waals surface area contributed by atoms with E-state index >= 15 is 0 Å². The summed E-state index contributed by atoms with van der Waals surface area (Å²) in [6.45, 7) is 6.18. The summed E-state index contributed by atoms with van der Waals surface area (Å²) >= 11 is 0. The Morgan fingerprint density at radius 1 is 1.10 bits per heavy atom. The number of rotatable bonds is 9. The van der Waals surface area contributed by atoms with E-state index in [0.717, 1.165) is 35.9 Å². The lowest BCUT2D eigenvalue weighted by Gasteiger charge is -2.14. The van der Waals surface area contributed by atoms with Crippen LogP contribution in [0.1, 0.15) is 19.4 Å². The molecule has 7 heteroatoms. The fraction of sp³-hybridized carbons (Fsp3) is 0.409. The lowest BCUT2D eigenvalue weighted by molar-refractivity contribution is 0.174. The molecule has 0 atom stereocenters. The Morgan fingerprint density at radius 3 is 2.66 bits per heavy atom. The molecular weight excluding hydrogens is 370 g/mol. The van der Waals surface area contributed by atoms with Crippen molar-refractivity contribution in [1.82, 2.24) is 5.32 Å². The van der Waals surface area contributed by atoms with Crippen LogP contribution in [0.4, 0.5) is 5.69 Å². The third kappa shape index (κ3) is 6.57. The van der Waals surface area contributed by atoms with Gasteiger partial charge in [-0.15, -0.1) is 0 Å². The first-order chi connectivity index (χ1) is 14.1. The zero-order valence-electron chi connectivity index (χ0n) is 17.2. The Labute approximate surface area is 172 Å². The molecule has 0 unspecified atom stereocenters. The zero-order valence-corrected chi connectivity index (χ0v) is 17.2. The smallest absolute Gasteiger partial charge is 0.231 e. The van der Waals surface area contributed by atoms with Gasteiger partial charge in [0, 0.05) is 19.3 Å². The molecule has 0 fully saturated rings. The van der Waals surface area contributed by atoms with Crippen molar-refractivity contribution in [3.63, 3.8) is 0 Å². The first kappa shape index (κ1) is 20.8. The molecule has 0 saturated carbocycles. The number of guanidine groups is 1. The van der Waals surface area contributed by atoms with Crippen LogP contribution in [0.5, 0.6) is 17.2 Å². The van der Waals surface area contributed by atoms with E-state index in [0.29, 0.717) is 19.1 Å². The second kappa shape index (κ2) is 10.6. The molecule has 1 heterocycles. The second-order valence-electron chi connectivity index (χ2n) is 6.90. The number of fused-ring (bicyclic) bond motifs is 1. The summed E-state index contributed by atoms with van der Waals surface area (Å²) in [4.78, 5) is 4.56. The standard InChI is InChI=1S/C22H29N3O4/c1-16(2)29-19-7-5-18(6-8-19)25-22(24-12-13-26-3)23-11-10-17-4-9-20-21(14-17)28-15-27-20/h4-9,14,16H,10-13,15H2,1-3H3,(H2,23,24,25). The molecule has 0 spiro atoms. The summed E-state index contributed by atoms with van der Waals surface area (Å²) in [5.74, 6) is 3.16. The van der Waals surface area contributed by atoms with E-state index in [1.165, 1.54) is 5.56 Å². The normalized spacial score (nSPS) is 12.9. The number of aliphatic imine (C=N–C) groups is 1. The van der Waals surface area contributed by atoms with Gasteiger partial charge in [-0.1, -0.05) is 6.07 Å². The molecule has 1 aliphatic heterocycles. The van der Waals surface area contributed by atoms with Crippen molar-refractivity contribution in [2.24, 2.45) is 4.99 Å². The van der Waals surface area contributed by atoms with Crippen molar-refractivity contribution in [1.29, 1.82) is 0 Å². The highest BCUT2D eigenvalue weighted by molar-refractivity contribution is 5.93. The number of benzene rings is 2. The number of nitrogens with one attached hydrogen (secondary N) is 2. The van der Waals surface area contributed by atoms with Gasteiger partial charge in [0.25, 0.3) is 0 Å². The van der Waals surface area contributed by atoms with E-state index < -0.39 is 0 Å². The average Bonchev–Trinajstić information content (AvgIpc) is 3.17. The van der Waals surface area contributed by atoms with Crippen molar-refractivity contribution >= 4 is 11.6 Å². The zero-order chi connectivity index (χ0) is 20.5. The number of ether oxygens (including phenoxy) is 4. The van der Waals surface area contributed by atoms with Gasteiger partial charge >= 0.3 is 0 Å². The highest BCUT2D eigenvalue weighted by Crippen LogP contribution is 2.32. The number of hydrogen-bond acceptors (Lipinski definition) is 5. The number of methoxy groups -OCH3 is 1. The molecule has 29 heavy (non-hydrogen) atoms. The molecule has 0 amide bonds. The Bertz CT molecular complexity index is 806. The first-order valence-electron chi connectivity index (χ1n) is 9.83. The fourth-order valence-corrected chi connectivity index (χ4v) is 2.84. The van der Waals surface area contributed by atoms with Crippen LogP contribution in [0.25, 0.3) is 0 Å². The van der Waals surface area contributed by atoms with Gasteiger partial charge in [-0.2, -0.15) is 0 Å². The molecule has 0 radical (unpaired) electrons. The van der Waals surface area contributed by atoms with Gasteiger partial charge in [0.05, 0.1) is 19.3 Å². The highest BCUT2D eigenvalue weighted by atomic mass is 16.7. The van der Waals surface area contributed by atoms with Crippen molar-refractivity contribution in [2.75, 3.05) is 38.9 Å². The molecule has 0 bridgehead atoms. The summed E-state index contributed by atoms with van der Waals surface area (Å²) in [5, 5.41) is 6.70. The molecule has 0 saturated heterocycles. The van der Waals surface area contributed by atoms with Crippen molar-refractivity contribution in [3.8, 4) is 17.2 Å². The van der Waals surface area contributed by atoms with Crippen LogP contribution in [-0.4, -0.2) is 45.7 Å². The van der Waals surface area contributed by atoms with E-state index in [9.17, 15) is 0 Å². The van der Waals surface area contributed by atoms with E-state index in [2.05, 4.69) is 21.7 Å². The van der Waals surface area contributed by atoms with Crippen LogP contribution in [-0.2, 0) is 11.2 Å². The lowest BCUT2D eigenvalue weighted by Crippen LogP contribution is -2.33. The van der Waals surface area contributed by atoms with Gasteiger partial charge in [0.15, 0.2) is 17.5 Å². The minimum atomic E-state index is 0.151. The quantitative estimate of drug-likeness (QED) is 0.382. The fourth-order valence-electron chi connectivity index (χ4n) is 2.84. The van der Waals surface area contributed by atoms with Crippen LogP contribution < -0.4 is 24.8 Å². The van der Waals surface area contributed by atoms with Gasteiger partial charge in [0.2, 0.25) is 6.79 Å². The Balaban J connectivity index is 1.56. The minimum Gasteiger partial charge on any atom is -0.491 e. The van der Waals surface area contributed by atoms with E-state index in [1.807, 2.05) is 50.2 Å². The molecule has 2 aromatic carbocycles. The lowest BCUT2D eigenvalue weighted by atomic mass is 10.1. The van der Waals surface area contributed by atoms with Gasteiger partial charge < -0.3 is 29.6 Å². The molecule has 0 aliphatic carbocycles. The predicted molar refractivity (Wildman–Crippen MR) is 114 cm³/mol. The first-order valence-corrected chi connectivity index (χ1v) is 9.83. The largest absolute Gasteiger partial charge is 0.491 e. The maximum absolute atomic E-state index is 5.69. The molecule has 3 rings (SSSR count). The average molecular weight is 399 g/mol. The summed E-state index contributed by atoms with van der Waals surface area (Å²) in [6, 6.07) is 13.9. The van der Waals surface area contributed by atoms with Crippen LogP contribution in [0.2, 0.25) is 0 Å². The van der Waals surface area contributed by atoms with Crippen LogP contribution in [0, 0.1) is 0 Å². The van der Waals surface area contributed by atoms with Crippen LogP contribution >= 0.6 is 0 Å². The second-order valence-corrected chi connectivity index (χ2v) is 6.90. The number of nitrogens with zero attached hydrogens (tertiary/aromatic N) is 1. The summed E-state index contributed by atoms with van der Waals surface area (Å²) in [7, 11) is 1.67. The number of hydrogen-bond donors (Lipinski definition) is 2. The number of anilines is 1. The maximum atomic E-state index is 5.69. The predicted octanol–water partition coefficient (Wildman–Crippen LogP) is 3.45. The topological polar surface area (TPSA) is 73.3 Å². The van der Waals surface area contributed by atoms with Gasteiger partial charge in [-0.3, -0.25) is 4.99 Å².